The lowest BCUT2D eigenvalue weighted by molar-refractivity contribution is -0.131. The average Bonchev–Trinajstić information content (AvgIpc) is 2.72. The number of carboxylic acid groups (broad SMARTS) is 1. The summed E-state index contributed by atoms with van der Waals surface area (Å²) in [5, 5.41) is 31.0. The summed E-state index contributed by atoms with van der Waals surface area (Å²) in [5.74, 6) is -1.09. The molecule has 0 fully saturated rings. The number of phenols is 1. The number of ether oxygens (including phenoxy) is 1. The van der Waals surface area contributed by atoms with Gasteiger partial charge in [-0.2, -0.15) is 5.26 Å². The smallest absolute Gasteiger partial charge is 0.412 e. The second-order valence-electron chi connectivity index (χ2n) is 7.69. The van der Waals surface area contributed by atoms with Gasteiger partial charge in [0.2, 0.25) is 0 Å². The van der Waals surface area contributed by atoms with Crippen molar-refractivity contribution in [3.05, 3.63) is 68.6 Å². The number of rotatable bonds is 8. The van der Waals surface area contributed by atoms with Crippen LogP contribution in [0.15, 0.2) is 57.5 Å². The van der Waals surface area contributed by atoms with E-state index in [1.807, 2.05) is 19.9 Å². The van der Waals surface area contributed by atoms with Crippen LogP contribution in [0.2, 0.25) is 0 Å². The molecule has 2 aromatic carbocycles. The standard InChI is InChI=1S/C23H22Br2N2O5/c1-23(2,10-4-3-5-19(28)29)21(17-11-15(24)12-18(25)20(17)30)32-22(31)27-16-8-6-14(13-26)7-9-16/h3,5-9,11-12,21,30H,4,10H2,1-2H3,(H,27,31)(H,28,29)/b5-3+/t21-/m0/s1. The second-order valence-corrected chi connectivity index (χ2v) is 9.46. The number of carboxylic acids is 1. The number of carbonyl (C=O) groups excluding carboxylic acids is 1. The number of amides is 1. The number of hydrogen-bond acceptors (Lipinski definition) is 5. The molecule has 0 spiro atoms. The highest BCUT2D eigenvalue weighted by molar-refractivity contribution is 9.11. The fourth-order valence-electron chi connectivity index (χ4n) is 3.08. The van der Waals surface area contributed by atoms with Crippen LogP contribution >= 0.6 is 31.9 Å². The van der Waals surface area contributed by atoms with Crippen molar-refractivity contribution in [1.82, 2.24) is 0 Å². The fraction of sp³-hybridized carbons (Fsp3) is 0.261. The molecule has 0 aliphatic heterocycles. The van der Waals surface area contributed by atoms with Crippen molar-refractivity contribution in [1.29, 1.82) is 5.26 Å². The minimum atomic E-state index is -1.04. The van der Waals surface area contributed by atoms with Crippen molar-refractivity contribution in [3.63, 3.8) is 0 Å². The molecule has 0 saturated heterocycles. The van der Waals surface area contributed by atoms with Crippen LogP contribution in [0.1, 0.15) is 43.9 Å². The van der Waals surface area contributed by atoms with Gasteiger partial charge < -0.3 is 14.9 Å². The Morgan fingerprint density at radius 2 is 1.91 bits per heavy atom. The molecule has 0 heterocycles. The summed E-state index contributed by atoms with van der Waals surface area (Å²) < 4.78 is 6.89. The number of aliphatic carboxylic acids is 1. The summed E-state index contributed by atoms with van der Waals surface area (Å²) in [7, 11) is 0. The van der Waals surface area contributed by atoms with Gasteiger partial charge in [0.25, 0.3) is 0 Å². The van der Waals surface area contributed by atoms with Crippen LogP contribution in [-0.4, -0.2) is 22.3 Å². The molecule has 0 radical (unpaired) electrons. The Hall–Kier alpha value is -2.83. The predicted octanol–water partition coefficient (Wildman–Crippen LogP) is 6.53. The van der Waals surface area contributed by atoms with E-state index < -0.39 is 23.6 Å². The van der Waals surface area contributed by atoms with Gasteiger partial charge in [-0.05, 0) is 65.2 Å². The summed E-state index contributed by atoms with van der Waals surface area (Å²) >= 11 is 6.70. The Morgan fingerprint density at radius 3 is 2.50 bits per heavy atom. The monoisotopic (exact) mass is 564 g/mol. The lowest BCUT2D eigenvalue weighted by Gasteiger charge is -2.34. The molecule has 3 N–H and O–H groups in total. The Labute approximate surface area is 203 Å². The van der Waals surface area contributed by atoms with Crippen LogP contribution in [0.4, 0.5) is 10.5 Å². The van der Waals surface area contributed by atoms with E-state index in [4.69, 9.17) is 15.1 Å². The van der Waals surface area contributed by atoms with Crippen LogP contribution in [-0.2, 0) is 9.53 Å². The number of nitrogens with zero attached hydrogens (tertiary/aromatic N) is 1. The van der Waals surface area contributed by atoms with E-state index >= 15 is 0 Å². The quantitative estimate of drug-likeness (QED) is 0.313. The van der Waals surface area contributed by atoms with E-state index in [0.29, 0.717) is 38.6 Å². The maximum Gasteiger partial charge on any atom is 0.412 e. The topological polar surface area (TPSA) is 120 Å². The SMILES string of the molecule is CC(C)(CC/C=C/C(=O)O)[C@@H](OC(=O)Nc1ccc(C#N)cc1)c1cc(Br)cc(Br)c1O. The maximum atomic E-state index is 12.7. The molecular formula is C23H22Br2N2O5. The van der Waals surface area contributed by atoms with Crippen LogP contribution in [0, 0.1) is 16.7 Å². The highest BCUT2D eigenvalue weighted by atomic mass is 79.9. The summed E-state index contributed by atoms with van der Waals surface area (Å²) in [5.41, 5.74) is 0.645. The van der Waals surface area contributed by atoms with Crippen molar-refractivity contribution in [2.24, 2.45) is 5.41 Å². The minimum Gasteiger partial charge on any atom is -0.506 e. The van der Waals surface area contributed by atoms with Crippen molar-refractivity contribution in [3.8, 4) is 11.8 Å². The number of nitriles is 1. The number of anilines is 1. The molecule has 9 heteroatoms. The third-order valence-electron chi connectivity index (χ3n) is 4.75. The van der Waals surface area contributed by atoms with Gasteiger partial charge in [0.1, 0.15) is 11.9 Å². The number of hydrogen-bond donors (Lipinski definition) is 3. The third kappa shape index (κ3) is 7.11. The highest BCUT2D eigenvalue weighted by Gasteiger charge is 2.36. The molecule has 168 valence electrons. The molecule has 0 aliphatic rings. The Balaban J connectivity index is 2.31. The van der Waals surface area contributed by atoms with E-state index in [9.17, 15) is 14.7 Å². The van der Waals surface area contributed by atoms with E-state index in [2.05, 4.69) is 37.2 Å². The van der Waals surface area contributed by atoms with Crippen LogP contribution in [0.5, 0.6) is 5.75 Å². The number of aromatic hydroxyl groups is 1. The Bertz CT molecular complexity index is 1060. The molecule has 2 aromatic rings. The Morgan fingerprint density at radius 1 is 1.25 bits per heavy atom. The Kier molecular flexibility index (Phi) is 8.87. The van der Waals surface area contributed by atoms with Crippen molar-refractivity contribution in [2.45, 2.75) is 32.8 Å². The first kappa shape index (κ1) is 25.4. The van der Waals surface area contributed by atoms with Gasteiger partial charge in [-0.3, -0.25) is 5.32 Å². The van der Waals surface area contributed by atoms with E-state index in [0.717, 1.165) is 6.08 Å². The molecule has 0 aromatic heterocycles. The zero-order valence-electron chi connectivity index (χ0n) is 17.4. The van der Waals surface area contributed by atoms with Gasteiger partial charge in [-0.25, -0.2) is 9.59 Å². The molecule has 0 bridgehead atoms. The largest absolute Gasteiger partial charge is 0.506 e. The fourth-order valence-corrected chi connectivity index (χ4v) is 4.34. The second kappa shape index (κ2) is 11.2. The van der Waals surface area contributed by atoms with Gasteiger partial charge in [0, 0.05) is 27.2 Å². The van der Waals surface area contributed by atoms with Gasteiger partial charge in [-0.15, -0.1) is 0 Å². The zero-order valence-corrected chi connectivity index (χ0v) is 20.6. The first-order valence-electron chi connectivity index (χ1n) is 9.58. The zero-order chi connectivity index (χ0) is 23.9. The van der Waals surface area contributed by atoms with Crippen molar-refractivity contribution >= 4 is 49.6 Å². The van der Waals surface area contributed by atoms with Gasteiger partial charge >= 0.3 is 12.1 Å². The first-order valence-corrected chi connectivity index (χ1v) is 11.2. The first-order chi connectivity index (χ1) is 15.0. The maximum absolute atomic E-state index is 12.7. The highest BCUT2D eigenvalue weighted by Crippen LogP contribution is 2.46. The third-order valence-corrected chi connectivity index (χ3v) is 5.81. The number of carbonyl (C=O) groups is 2. The molecule has 1 amide bonds. The van der Waals surface area contributed by atoms with E-state index in [-0.39, 0.29) is 5.75 Å². The summed E-state index contributed by atoms with van der Waals surface area (Å²) in [4.78, 5) is 23.4. The van der Waals surface area contributed by atoms with Crippen LogP contribution in [0.25, 0.3) is 0 Å². The van der Waals surface area contributed by atoms with E-state index in [1.165, 1.54) is 6.08 Å². The summed E-state index contributed by atoms with van der Waals surface area (Å²) in [6, 6.07) is 11.7. The summed E-state index contributed by atoms with van der Waals surface area (Å²) in [6.07, 6.45) is 1.93. The van der Waals surface area contributed by atoms with Gasteiger partial charge in [-0.1, -0.05) is 35.9 Å². The number of nitrogens with one attached hydrogen (secondary N) is 1. The molecule has 0 aliphatic carbocycles. The number of phenolic OH excluding ortho intramolecular Hbond substituents is 1. The van der Waals surface area contributed by atoms with Crippen molar-refractivity contribution < 1.29 is 24.5 Å². The lowest BCUT2D eigenvalue weighted by atomic mass is 9.78. The van der Waals surface area contributed by atoms with E-state index in [1.54, 1.807) is 36.4 Å². The van der Waals surface area contributed by atoms with Gasteiger partial charge in [0.15, 0.2) is 0 Å². The molecule has 2 rings (SSSR count). The van der Waals surface area contributed by atoms with Crippen molar-refractivity contribution in [2.75, 3.05) is 5.32 Å². The number of allylic oxidation sites excluding steroid dienone is 1. The lowest BCUT2D eigenvalue weighted by Crippen LogP contribution is -2.29. The average molecular weight is 566 g/mol. The summed E-state index contributed by atoms with van der Waals surface area (Å²) in [6.45, 7) is 3.74. The number of benzene rings is 2. The van der Waals surface area contributed by atoms with Crippen LogP contribution < -0.4 is 5.32 Å². The predicted molar refractivity (Wildman–Crippen MR) is 127 cm³/mol. The van der Waals surface area contributed by atoms with Crippen LogP contribution in [0.3, 0.4) is 0 Å². The van der Waals surface area contributed by atoms with Gasteiger partial charge in [0.05, 0.1) is 16.1 Å². The minimum absolute atomic E-state index is 0.0569. The molecule has 0 unspecified atom stereocenters. The molecule has 32 heavy (non-hydrogen) atoms. The normalized spacial score (nSPS) is 12.2. The molecule has 7 nitrogen and oxygen atoms in total. The molecular weight excluding hydrogens is 544 g/mol. The molecule has 0 saturated carbocycles. The number of halogens is 2. The molecule has 1 atom stereocenters.